The quantitative estimate of drug-likeness (QED) is 0.525. The van der Waals surface area contributed by atoms with Crippen molar-refractivity contribution in [2.75, 3.05) is 32.7 Å². The highest BCUT2D eigenvalue weighted by atomic mass is 16.6. The molecule has 2 amide bonds. The van der Waals surface area contributed by atoms with Gasteiger partial charge in [-0.25, -0.2) is 4.79 Å². The fourth-order valence-corrected chi connectivity index (χ4v) is 3.73. The summed E-state index contributed by atoms with van der Waals surface area (Å²) in [6.07, 6.45) is -0.261. The minimum absolute atomic E-state index is 0.281. The number of carbonyl (C=O) groups is 2. The van der Waals surface area contributed by atoms with Gasteiger partial charge in [0.1, 0.15) is 11.3 Å². The minimum Gasteiger partial charge on any atom is -0.444 e. The first kappa shape index (κ1) is 26.1. The van der Waals surface area contributed by atoms with E-state index in [-0.39, 0.29) is 18.4 Å². The van der Waals surface area contributed by atoms with E-state index in [9.17, 15) is 19.8 Å². The second-order valence-corrected chi connectivity index (χ2v) is 10.1. The van der Waals surface area contributed by atoms with Crippen LogP contribution in [0.15, 0.2) is 30.3 Å². The summed E-state index contributed by atoms with van der Waals surface area (Å²) < 4.78 is 5.42. The number of ether oxygens (including phenoxy) is 1. The number of nitrogens with one attached hydrogen (secondary N) is 1. The number of aliphatic hydroxyl groups excluding tert-OH is 1. The lowest BCUT2D eigenvalue weighted by Gasteiger charge is -2.36. The molecule has 2 rings (SSSR count). The highest BCUT2D eigenvalue weighted by Crippen LogP contribution is 2.18. The smallest absolute Gasteiger partial charge is 0.410 e. The number of rotatable bonds is 8. The van der Waals surface area contributed by atoms with E-state index in [1.165, 1.54) is 13.8 Å². The standard InChI is InChI=1S/C24H39N3O5/c1-23(2,3)32-22(30)27-13-11-26(12-14-27)17-20(28)16-19(21(29)25-24(4,5)31)15-18-9-7-6-8-10-18/h6-10,19-20,28,31H,11-17H2,1-5H3,(H,25,29)/t19-,20?/m1/s1. The number of piperazine rings is 1. The molecule has 32 heavy (non-hydrogen) atoms. The van der Waals surface area contributed by atoms with Crippen LogP contribution in [0.1, 0.15) is 46.6 Å². The van der Waals surface area contributed by atoms with Crippen molar-refractivity contribution in [2.45, 2.75) is 64.9 Å². The lowest BCUT2D eigenvalue weighted by Crippen LogP contribution is -2.52. The maximum absolute atomic E-state index is 12.8. The predicted octanol–water partition coefficient (Wildman–Crippen LogP) is 1.99. The van der Waals surface area contributed by atoms with Crippen LogP contribution in [0.3, 0.4) is 0 Å². The molecule has 1 aromatic rings. The third-order valence-corrected chi connectivity index (χ3v) is 5.17. The maximum atomic E-state index is 12.8. The summed E-state index contributed by atoms with van der Waals surface area (Å²) in [6.45, 7) is 11.3. The van der Waals surface area contributed by atoms with Gasteiger partial charge in [0.25, 0.3) is 0 Å². The lowest BCUT2D eigenvalue weighted by atomic mass is 9.92. The van der Waals surface area contributed by atoms with E-state index in [0.717, 1.165) is 5.56 Å². The Kier molecular flexibility index (Phi) is 9.07. The van der Waals surface area contributed by atoms with Gasteiger partial charge in [0, 0.05) is 38.6 Å². The van der Waals surface area contributed by atoms with Gasteiger partial charge in [0.05, 0.1) is 6.10 Å². The van der Waals surface area contributed by atoms with Crippen molar-refractivity contribution >= 4 is 12.0 Å². The molecule has 1 unspecified atom stereocenters. The molecule has 0 saturated carbocycles. The summed E-state index contributed by atoms with van der Waals surface area (Å²) in [5, 5.41) is 23.3. The zero-order chi connectivity index (χ0) is 23.9. The second-order valence-electron chi connectivity index (χ2n) is 10.1. The Labute approximate surface area is 191 Å². The zero-order valence-corrected chi connectivity index (χ0v) is 20.0. The van der Waals surface area contributed by atoms with Gasteiger partial charge in [0.2, 0.25) is 5.91 Å². The predicted molar refractivity (Wildman–Crippen MR) is 123 cm³/mol. The largest absolute Gasteiger partial charge is 0.444 e. The molecule has 2 atom stereocenters. The third kappa shape index (κ3) is 9.54. The molecule has 3 N–H and O–H groups in total. The number of aliphatic hydroxyl groups is 2. The molecule has 0 bridgehead atoms. The van der Waals surface area contributed by atoms with Gasteiger partial charge >= 0.3 is 6.09 Å². The molecule has 180 valence electrons. The summed E-state index contributed by atoms with van der Waals surface area (Å²) >= 11 is 0. The lowest BCUT2D eigenvalue weighted by molar-refractivity contribution is -0.132. The van der Waals surface area contributed by atoms with Crippen LogP contribution in [0.25, 0.3) is 0 Å². The fraction of sp³-hybridized carbons (Fsp3) is 0.667. The van der Waals surface area contributed by atoms with E-state index in [0.29, 0.717) is 39.1 Å². The first-order valence-corrected chi connectivity index (χ1v) is 11.3. The van der Waals surface area contributed by atoms with Gasteiger partial charge in [-0.1, -0.05) is 30.3 Å². The molecular weight excluding hydrogens is 410 g/mol. The van der Waals surface area contributed by atoms with Crippen molar-refractivity contribution in [1.29, 1.82) is 0 Å². The maximum Gasteiger partial charge on any atom is 0.410 e. The van der Waals surface area contributed by atoms with Crippen molar-refractivity contribution in [3.63, 3.8) is 0 Å². The van der Waals surface area contributed by atoms with Crippen molar-refractivity contribution in [3.8, 4) is 0 Å². The number of β-amino-alcohol motifs (C(OH)–C–C–N with tert-alkyl or cyclic N) is 1. The number of nitrogens with zero attached hydrogens (tertiary/aromatic N) is 2. The van der Waals surface area contributed by atoms with Gasteiger partial charge in [-0.05, 0) is 53.0 Å². The van der Waals surface area contributed by atoms with E-state index in [1.807, 2.05) is 51.1 Å². The highest BCUT2D eigenvalue weighted by Gasteiger charge is 2.29. The topological polar surface area (TPSA) is 102 Å². The van der Waals surface area contributed by atoms with Crippen molar-refractivity contribution < 1.29 is 24.5 Å². The van der Waals surface area contributed by atoms with Gasteiger partial charge < -0.3 is 25.2 Å². The first-order chi connectivity index (χ1) is 14.8. The molecule has 1 aliphatic heterocycles. The monoisotopic (exact) mass is 449 g/mol. The van der Waals surface area contributed by atoms with E-state index in [4.69, 9.17) is 4.74 Å². The molecule has 0 radical (unpaired) electrons. The Morgan fingerprint density at radius 2 is 1.66 bits per heavy atom. The molecule has 1 aliphatic rings. The van der Waals surface area contributed by atoms with Crippen molar-refractivity contribution in [3.05, 3.63) is 35.9 Å². The van der Waals surface area contributed by atoms with E-state index in [1.54, 1.807) is 4.90 Å². The number of amides is 2. The van der Waals surface area contributed by atoms with Crippen LogP contribution in [-0.4, -0.2) is 82.2 Å². The van der Waals surface area contributed by atoms with Crippen LogP contribution in [0.4, 0.5) is 4.79 Å². The summed E-state index contributed by atoms with van der Waals surface area (Å²) in [5.74, 6) is -0.753. The second kappa shape index (κ2) is 11.1. The van der Waals surface area contributed by atoms with E-state index >= 15 is 0 Å². The molecule has 1 fully saturated rings. The van der Waals surface area contributed by atoms with Crippen LogP contribution in [0.5, 0.6) is 0 Å². The van der Waals surface area contributed by atoms with Crippen LogP contribution in [0.2, 0.25) is 0 Å². The Balaban J connectivity index is 1.90. The molecule has 8 heteroatoms. The van der Waals surface area contributed by atoms with Gasteiger partial charge in [-0.3, -0.25) is 9.69 Å². The average Bonchev–Trinajstić information content (AvgIpc) is 2.66. The van der Waals surface area contributed by atoms with Crippen LogP contribution in [-0.2, 0) is 16.0 Å². The average molecular weight is 450 g/mol. The summed E-state index contributed by atoms with van der Waals surface area (Å²) in [4.78, 5) is 28.8. The van der Waals surface area contributed by atoms with Gasteiger partial charge in [-0.15, -0.1) is 0 Å². The fourth-order valence-electron chi connectivity index (χ4n) is 3.73. The van der Waals surface area contributed by atoms with Crippen LogP contribution in [0, 0.1) is 5.92 Å². The van der Waals surface area contributed by atoms with E-state index in [2.05, 4.69) is 10.2 Å². The molecular formula is C24H39N3O5. The molecule has 0 aromatic heterocycles. The number of hydrogen-bond donors (Lipinski definition) is 3. The molecule has 1 saturated heterocycles. The minimum atomic E-state index is -1.32. The molecule has 1 heterocycles. The summed E-state index contributed by atoms with van der Waals surface area (Å²) in [5.41, 5.74) is -0.849. The number of carbonyl (C=O) groups excluding carboxylic acids is 2. The van der Waals surface area contributed by atoms with Gasteiger partial charge in [-0.2, -0.15) is 0 Å². The molecule has 1 aromatic carbocycles. The molecule has 0 aliphatic carbocycles. The van der Waals surface area contributed by atoms with Crippen LogP contribution >= 0.6 is 0 Å². The molecule has 0 spiro atoms. The highest BCUT2D eigenvalue weighted by molar-refractivity contribution is 5.79. The van der Waals surface area contributed by atoms with Crippen molar-refractivity contribution in [2.24, 2.45) is 5.92 Å². The Morgan fingerprint density at radius 1 is 1.06 bits per heavy atom. The Hall–Kier alpha value is -2.16. The first-order valence-electron chi connectivity index (χ1n) is 11.3. The van der Waals surface area contributed by atoms with Gasteiger partial charge in [0.15, 0.2) is 0 Å². The number of hydrogen-bond acceptors (Lipinski definition) is 6. The SMILES string of the molecule is CC(C)(O)NC(=O)[C@H](Cc1ccccc1)CC(O)CN1CCN(C(=O)OC(C)(C)C)CC1. The third-order valence-electron chi connectivity index (χ3n) is 5.17. The Bertz CT molecular complexity index is 734. The zero-order valence-electron chi connectivity index (χ0n) is 20.0. The normalized spacial score (nSPS) is 17.5. The number of benzene rings is 1. The van der Waals surface area contributed by atoms with Crippen molar-refractivity contribution in [1.82, 2.24) is 15.1 Å². The van der Waals surface area contributed by atoms with E-state index < -0.39 is 23.3 Å². The summed E-state index contributed by atoms with van der Waals surface area (Å²) in [7, 11) is 0. The summed E-state index contributed by atoms with van der Waals surface area (Å²) in [6, 6.07) is 9.65. The Morgan fingerprint density at radius 3 is 2.19 bits per heavy atom. The van der Waals surface area contributed by atoms with Crippen LogP contribution < -0.4 is 5.32 Å². The molecule has 8 nitrogen and oxygen atoms in total.